The maximum atomic E-state index is 5.81. The van der Waals surface area contributed by atoms with Crippen LogP contribution in [0.3, 0.4) is 0 Å². The van der Waals surface area contributed by atoms with Crippen LogP contribution in [0.25, 0.3) is 22.6 Å². The van der Waals surface area contributed by atoms with Gasteiger partial charge in [0.25, 0.3) is 0 Å². The van der Waals surface area contributed by atoms with E-state index in [9.17, 15) is 0 Å². The van der Waals surface area contributed by atoms with Crippen LogP contribution in [0.15, 0.2) is 46.9 Å². The molecular formula is C15H13IN2O. The third-order valence-corrected chi connectivity index (χ3v) is 3.65. The molecule has 96 valence electrons. The van der Waals surface area contributed by atoms with Crippen LogP contribution in [0.1, 0.15) is 0 Å². The fraction of sp³-hybridized carbons (Fsp3) is 0.133. The quantitative estimate of drug-likeness (QED) is 0.643. The Morgan fingerprint density at radius 1 is 1.05 bits per heavy atom. The number of hydrogen-bond acceptors (Lipinski definition) is 3. The zero-order valence-corrected chi connectivity index (χ0v) is 12.9. The molecule has 4 heteroatoms. The first-order valence-electron chi connectivity index (χ1n) is 5.97. The fourth-order valence-corrected chi connectivity index (χ4v) is 2.39. The molecule has 0 unspecified atom stereocenters. The van der Waals surface area contributed by atoms with Crippen LogP contribution in [-0.2, 0) is 0 Å². The lowest BCUT2D eigenvalue weighted by Crippen LogP contribution is -2.07. The molecular weight excluding hydrogens is 347 g/mol. The highest BCUT2D eigenvalue weighted by atomic mass is 123. The van der Waals surface area contributed by atoms with Crippen molar-refractivity contribution in [2.75, 3.05) is 19.0 Å². The van der Waals surface area contributed by atoms with Crippen LogP contribution in [-0.4, -0.2) is 19.1 Å². The Morgan fingerprint density at radius 3 is 2.47 bits per heavy atom. The molecule has 0 aliphatic heterocycles. The van der Waals surface area contributed by atoms with E-state index in [1.807, 2.05) is 44.4 Å². The van der Waals surface area contributed by atoms with Gasteiger partial charge in [0.1, 0.15) is 5.52 Å². The topological polar surface area (TPSA) is 29.3 Å². The van der Waals surface area contributed by atoms with Crippen molar-refractivity contribution in [1.29, 1.82) is 0 Å². The molecule has 0 N–H and O–H groups in total. The van der Waals surface area contributed by atoms with Gasteiger partial charge in [-0.2, -0.15) is 0 Å². The van der Waals surface area contributed by atoms with Crippen molar-refractivity contribution in [3.63, 3.8) is 0 Å². The van der Waals surface area contributed by atoms with Gasteiger partial charge < -0.3 is 9.32 Å². The molecule has 19 heavy (non-hydrogen) atoms. The summed E-state index contributed by atoms with van der Waals surface area (Å²) in [6, 6.07) is 14.2. The summed E-state index contributed by atoms with van der Waals surface area (Å²) in [5, 5.41) is 0. The third-order valence-electron chi connectivity index (χ3n) is 2.98. The second-order valence-electron chi connectivity index (χ2n) is 4.57. The zero-order chi connectivity index (χ0) is 13.4. The van der Waals surface area contributed by atoms with E-state index < -0.39 is 0 Å². The molecule has 0 spiro atoms. The van der Waals surface area contributed by atoms with Crippen LogP contribution in [0.4, 0.5) is 5.69 Å². The molecule has 0 aliphatic carbocycles. The van der Waals surface area contributed by atoms with Gasteiger partial charge in [0.05, 0.1) is 0 Å². The maximum Gasteiger partial charge on any atom is 0.227 e. The van der Waals surface area contributed by atoms with Crippen molar-refractivity contribution >= 4 is 39.4 Å². The first-order valence-corrected chi connectivity index (χ1v) is 7.05. The molecule has 1 aromatic heterocycles. The molecule has 0 bridgehead atoms. The number of nitrogens with zero attached hydrogens (tertiary/aromatic N) is 2. The summed E-state index contributed by atoms with van der Waals surface area (Å²) in [7, 11) is 4.05. The van der Waals surface area contributed by atoms with E-state index in [-0.39, 0.29) is 0 Å². The Bertz CT molecular complexity index is 717. The van der Waals surface area contributed by atoms with Gasteiger partial charge in [-0.3, -0.25) is 0 Å². The van der Waals surface area contributed by atoms with E-state index in [2.05, 4.69) is 44.6 Å². The van der Waals surface area contributed by atoms with Crippen molar-refractivity contribution in [1.82, 2.24) is 4.98 Å². The summed E-state index contributed by atoms with van der Waals surface area (Å²) in [6.07, 6.45) is 0. The second kappa shape index (κ2) is 4.85. The second-order valence-corrected chi connectivity index (χ2v) is 5.82. The summed E-state index contributed by atoms with van der Waals surface area (Å²) in [4.78, 5) is 6.58. The highest BCUT2D eigenvalue weighted by Crippen LogP contribution is 2.26. The molecule has 3 aromatic rings. The van der Waals surface area contributed by atoms with Gasteiger partial charge >= 0.3 is 0 Å². The van der Waals surface area contributed by atoms with Gasteiger partial charge in [0.2, 0.25) is 5.89 Å². The van der Waals surface area contributed by atoms with Crippen molar-refractivity contribution in [2.24, 2.45) is 0 Å². The number of hydrogen-bond donors (Lipinski definition) is 0. The van der Waals surface area contributed by atoms with E-state index in [1.165, 1.54) is 0 Å². The van der Waals surface area contributed by atoms with Crippen LogP contribution in [0.2, 0.25) is 0 Å². The molecule has 3 rings (SSSR count). The molecule has 0 saturated carbocycles. The van der Waals surface area contributed by atoms with Crippen LogP contribution < -0.4 is 4.90 Å². The zero-order valence-electron chi connectivity index (χ0n) is 10.7. The van der Waals surface area contributed by atoms with Crippen molar-refractivity contribution in [2.45, 2.75) is 0 Å². The number of oxazole rings is 1. The van der Waals surface area contributed by atoms with Gasteiger partial charge in [-0.05, 0) is 65.1 Å². The molecule has 0 radical (unpaired) electrons. The van der Waals surface area contributed by atoms with Crippen LogP contribution in [0.5, 0.6) is 0 Å². The molecule has 2 aromatic carbocycles. The average Bonchev–Trinajstić information content (AvgIpc) is 2.81. The first-order chi connectivity index (χ1) is 9.13. The molecule has 3 nitrogen and oxygen atoms in total. The Labute approximate surface area is 125 Å². The maximum absolute atomic E-state index is 5.81. The van der Waals surface area contributed by atoms with Gasteiger partial charge in [-0.25, -0.2) is 4.98 Å². The smallest absolute Gasteiger partial charge is 0.227 e. The Morgan fingerprint density at radius 2 is 1.79 bits per heavy atom. The number of aromatic nitrogens is 1. The van der Waals surface area contributed by atoms with Crippen molar-refractivity contribution < 1.29 is 4.42 Å². The van der Waals surface area contributed by atoms with Crippen molar-refractivity contribution in [3.8, 4) is 11.5 Å². The standard InChI is InChI=1S/C15H13IN2O/c1-18(2)12-6-3-10(4-7-12)15-17-13-8-5-11(16)9-14(13)19-15/h3-9H,1-2H3/i16-4. The fourth-order valence-electron chi connectivity index (χ4n) is 1.92. The van der Waals surface area contributed by atoms with E-state index in [0.717, 1.165) is 25.9 Å². The monoisotopic (exact) mass is 360 g/mol. The van der Waals surface area contributed by atoms with Crippen LogP contribution in [0, 0.1) is 3.57 Å². The average molecular weight is 360 g/mol. The predicted molar refractivity (Wildman–Crippen MR) is 86.5 cm³/mol. The highest BCUT2D eigenvalue weighted by Gasteiger charge is 2.08. The summed E-state index contributed by atoms with van der Waals surface area (Å²) in [5.41, 5.74) is 3.89. The molecule has 0 saturated heterocycles. The molecule has 0 amide bonds. The van der Waals surface area contributed by atoms with Gasteiger partial charge in [0, 0.05) is 28.9 Å². The Hall–Kier alpha value is -1.56. The lowest BCUT2D eigenvalue weighted by atomic mass is 10.2. The predicted octanol–water partition coefficient (Wildman–Crippen LogP) is 4.17. The molecule has 1 heterocycles. The van der Waals surface area contributed by atoms with Gasteiger partial charge in [-0.15, -0.1) is 0 Å². The number of anilines is 1. The number of fused-ring (bicyclic) bond motifs is 1. The van der Waals surface area contributed by atoms with E-state index >= 15 is 0 Å². The minimum atomic E-state index is 0.669. The third kappa shape index (κ3) is 2.45. The number of halogens is 1. The van der Waals surface area contributed by atoms with Gasteiger partial charge in [-0.1, -0.05) is 0 Å². The highest BCUT2D eigenvalue weighted by molar-refractivity contribution is 14.1. The lowest BCUT2D eigenvalue weighted by Gasteiger charge is -2.11. The largest absolute Gasteiger partial charge is 0.436 e. The Balaban J connectivity index is 2.03. The summed E-state index contributed by atoms with van der Waals surface area (Å²) >= 11 is 2.27. The van der Waals surface area contributed by atoms with E-state index in [4.69, 9.17) is 4.42 Å². The molecule has 0 atom stereocenters. The molecule has 0 fully saturated rings. The van der Waals surface area contributed by atoms with E-state index in [0.29, 0.717) is 5.89 Å². The minimum absolute atomic E-state index is 0.669. The van der Waals surface area contributed by atoms with Gasteiger partial charge in [0.15, 0.2) is 5.58 Å². The van der Waals surface area contributed by atoms with Crippen molar-refractivity contribution in [3.05, 3.63) is 46.0 Å². The molecule has 0 aliphatic rings. The lowest BCUT2D eigenvalue weighted by molar-refractivity contribution is 0.619. The SMILES string of the molecule is CN(C)c1ccc(-c2nc3ccc([123I])cc3o2)cc1. The Kier molecular flexibility index (Phi) is 3.18. The van der Waals surface area contributed by atoms with Crippen LogP contribution >= 0.6 is 22.6 Å². The summed E-state index contributed by atoms with van der Waals surface area (Å²) in [6.45, 7) is 0. The minimum Gasteiger partial charge on any atom is -0.436 e. The summed E-state index contributed by atoms with van der Waals surface area (Å²) < 4.78 is 6.95. The van der Waals surface area contributed by atoms with E-state index in [1.54, 1.807) is 0 Å². The normalized spacial score (nSPS) is 10.9. The number of rotatable bonds is 2. The summed E-state index contributed by atoms with van der Waals surface area (Å²) in [5.74, 6) is 0.669. The first kappa shape index (κ1) is 12.5. The number of benzene rings is 2.